The molecule has 1 fully saturated rings. The first-order chi connectivity index (χ1) is 11.1. The molecule has 122 valence electrons. The lowest BCUT2D eigenvalue weighted by molar-refractivity contribution is -0.0627. The van der Waals surface area contributed by atoms with Crippen LogP contribution in [0.1, 0.15) is 44.9 Å². The van der Waals surface area contributed by atoms with Gasteiger partial charge in [-0.2, -0.15) is 0 Å². The minimum Gasteiger partial charge on any atom is -0.360 e. The number of nitrogens with zero attached hydrogens (tertiary/aromatic N) is 3. The van der Waals surface area contributed by atoms with E-state index in [-0.39, 0.29) is 29.1 Å². The quantitative estimate of drug-likeness (QED) is 0.852. The van der Waals surface area contributed by atoms with Crippen LogP contribution in [-0.2, 0) is 4.74 Å². The molecule has 1 aliphatic carbocycles. The molecule has 0 amide bonds. The standard InChI is InChI=1S/C17H21N3O3/c1-17-10-6-9-13(17)19-15(21)18(12-7-4-3-5-8-12)16(22)20(19)14(11-17)23-2/h3-5,7-8,13-14H,6,9-11H2,1-2H3/t13-,14?,17-/m0/s1. The van der Waals surface area contributed by atoms with Gasteiger partial charge in [0.2, 0.25) is 0 Å². The van der Waals surface area contributed by atoms with Gasteiger partial charge in [-0.05, 0) is 30.4 Å². The highest BCUT2D eigenvalue weighted by atomic mass is 16.5. The number of rotatable bonds is 2. The van der Waals surface area contributed by atoms with E-state index >= 15 is 0 Å². The molecule has 1 aliphatic heterocycles. The largest absolute Gasteiger partial charge is 0.360 e. The summed E-state index contributed by atoms with van der Waals surface area (Å²) in [4.78, 5) is 26.0. The smallest absolute Gasteiger partial charge is 0.354 e. The van der Waals surface area contributed by atoms with Gasteiger partial charge in [-0.3, -0.25) is 0 Å². The van der Waals surface area contributed by atoms with Crippen molar-refractivity contribution in [1.82, 2.24) is 13.9 Å². The Morgan fingerprint density at radius 2 is 1.83 bits per heavy atom. The molecule has 6 nitrogen and oxygen atoms in total. The highest BCUT2D eigenvalue weighted by Gasteiger charge is 2.48. The van der Waals surface area contributed by atoms with Crippen LogP contribution in [0.4, 0.5) is 0 Å². The predicted octanol–water partition coefficient (Wildman–Crippen LogP) is 2.08. The van der Waals surface area contributed by atoms with E-state index in [1.54, 1.807) is 23.9 Å². The van der Waals surface area contributed by atoms with Crippen molar-refractivity contribution in [3.8, 4) is 5.69 Å². The zero-order valence-electron chi connectivity index (χ0n) is 13.4. The number of aromatic nitrogens is 3. The lowest BCUT2D eigenvalue weighted by Gasteiger charge is -2.41. The molecule has 1 aromatic carbocycles. The van der Waals surface area contributed by atoms with Crippen LogP contribution in [0.5, 0.6) is 0 Å². The van der Waals surface area contributed by atoms with E-state index in [2.05, 4.69) is 6.92 Å². The first kappa shape index (κ1) is 14.5. The fourth-order valence-electron chi connectivity index (χ4n) is 4.35. The molecule has 1 unspecified atom stereocenters. The van der Waals surface area contributed by atoms with E-state index in [0.29, 0.717) is 5.69 Å². The van der Waals surface area contributed by atoms with Crippen molar-refractivity contribution < 1.29 is 4.74 Å². The average Bonchev–Trinajstić information content (AvgIpc) is 3.05. The van der Waals surface area contributed by atoms with Crippen LogP contribution >= 0.6 is 0 Å². The lowest BCUT2D eigenvalue weighted by atomic mass is 9.79. The Labute approximate surface area is 133 Å². The van der Waals surface area contributed by atoms with Gasteiger partial charge in [0.25, 0.3) is 0 Å². The molecular weight excluding hydrogens is 294 g/mol. The van der Waals surface area contributed by atoms with Crippen molar-refractivity contribution in [2.24, 2.45) is 5.41 Å². The Kier molecular flexibility index (Phi) is 3.13. The molecule has 0 N–H and O–H groups in total. The predicted molar refractivity (Wildman–Crippen MR) is 85.9 cm³/mol. The van der Waals surface area contributed by atoms with E-state index in [0.717, 1.165) is 25.7 Å². The third kappa shape index (κ3) is 1.91. The molecule has 1 aromatic heterocycles. The highest BCUT2D eigenvalue weighted by molar-refractivity contribution is 5.30. The fraction of sp³-hybridized carbons (Fsp3) is 0.529. The lowest BCUT2D eigenvalue weighted by Crippen LogP contribution is -2.45. The Morgan fingerprint density at radius 1 is 1.13 bits per heavy atom. The van der Waals surface area contributed by atoms with Gasteiger partial charge in [0.05, 0.1) is 11.7 Å². The molecule has 2 aliphatic rings. The van der Waals surface area contributed by atoms with Gasteiger partial charge in [-0.25, -0.2) is 23.5 Å². The Balaban J connectivity index is 2.01. The molecule has 1 saturated carbocycles. The van der Waals surface area contributed by atoms with Crippen LogP contribution in [0.15, 0.2) is 39.9 Å². The first-order valence-corrected chi connectivity index (χ1v) is 8.11. The van der Waals surface area contributed by atoms with Crippen molar-refractivity contribution in [3.05, 3.63) is 51.3 Å². The number of para-hydroxylation sites is 1. The van der Waals surface area contributed by atoms with Gasteiger partial charge in [-0.1, -0.05) is 31.5 Å². The topological polar surface area (TPSA) is 58.2 Å². The summed E-state index contributed by atoms with van der Waals surface area (Å²) in [5.41, 5.74) is 0.0364. The van der Waals surface area contributed by atoms with Crippen LogP contribution in [-0.4, -0.2) is 21.0 Å². The maximum absolute atomic E-state index is 13.0. The summed E-state index contributed by atoms with van der Waals surface area (Å²) < 4.78 is 10.00. The second kappa shape index (κ2) is 4.96. The molecule has 3 atom stereocenters. The molecule has 0 spiro atoms. The number of hydrogen-bond acceptors (Lipinski definition) is 3. The summed E-state index contributed by atoms with van der Waals surface area (Å²) in [6.45, 7) is 2.21. The van der Waals surface area contributed by atoms with Gasteiger partial charge in [0.1, 0.15) is 0 Å². The van der Waals surface area contributed by atoms with Crippen molar-refractivity contribution in [2.45, 2.75) is 44.9 Å². The molecule has 0 bridgehead atoms. The number of methoxy groups -OCH3 is 1. The van der Waals surface area contributed by atoms with Gasteiger partial charge in [0, 0.05) is 13.5 Å². The van der Waals surface area contributed by atoms with Crippen LogP contribution in [0.3, 0.4) is 0 Å². The van der Waals surface area contributed by atoms with E-state index in [1.165, 1.54) is 9.25 Å². The molecule has 0 radical (unpaired) electrons. The number of ether oxygens (including phenoxy) is 1. The monoisotopic (exact) mass is 315 g/mol. The summed E-state index contributed by atoms with van der Waals surface area (Å²) in [5, 5.41) is 0. The first-order valence-electron chi connectivity index (χ1n) is 8.11. The Morgan fingerprint density at radius 3 is 2.52 bits per heavy atom. The minimum absolute atomic E-state index is 0.0137. The number of benzene rings is 1. The van der Waals surface area contributed by atoms with Crippen molar-refractivity contribution >= 4 is 0 Å². The molecule has 6 heteroatoms. The van der Waals surface area contributed by atoms with Gasteiger partial charge >= 0.3 is 11.4 Å². The second-order valence-corrected chi connectivity index (χ2v) is 6.88. The maximum Gasteiger partial charge on any atom is 0.354 e. The molecular formula is C17H21N3O3. The molecule has 23 heavy (non-hydrogen) atoms. The van der Waals surface area contributed by atoms with Crippen LogP contribution in [0, 0.1) is 5.41 Å². The van der Waals surface area contributed by atoms with Gasteiger partial charge in [-0.15, -0.1) is 0 Å². The molecule has 0 saturated heterocycles. The molecule has 4 rings (SSSR count). The average molecular weight is 315 g/mol. The summed E-state index contributed by atoms with van der Waals surface area (Å²) in [7, 11) is 1.60. The van der Waals surface area contributed by atoms with Gasteiger partial charge in [0.15, 0.2) is 6.23 Å². The van der Waals surface area contributed by atoms with E-state index in [1.807, 2.05) is 18.2 Å². The number of hydrogen-bond donors (Lipinski definition) is 0. The van der Waals surface area contributed by atoms with Crippen molar-refractivity contribution in [2.75, 3.05) is 7.11 Å². The van der Waals surface area contributed by atoms with Crippen molar-refractivity contribution in [1.29, 1.82) is 0 Å². The van der Waals surface area contributed by atoms with E-state index in [9.17, 15) is 9.59 Å². The van der Waals surface area contributed by atoms with Crippen molar-refractivity contribution in [3.63, 3.8) is 0 Å². The number of fused-ring (bicyclic) bond motifs is 3. The summed E-state index contributed by atoms with van der Waals surface area (Å²) >= 11 is 0. The highest BCUT2D eigenvalue weighted by Crippen LogP contribution is 2.52. The summed E-state index contributed by atoms with van der Waals surface area (Å²) in [6.07, 6.45) is 3.46. The van der Waals surface area contributed by atoms with Crippen LogP contribution in [0.2, 0.25) is 0 Å². The van der Waals surface area contributed by atoms with Crippen LogP contribution in [0.25, 0.3) is 5.69 Å². The Hall–Kier alpha value is -2.08. The summed E-state index contributed by atoms with van der Waals surface area (Å²) in [6, 6.07) is 9.16. The Bertz CT molecular complexity index is 848. The zero-order valence-corrected chi connectivity index (χ0v) is 13.4. The van der Waals surface area contributed by atoms with Gasteiger partial charge < -0.3 is 4.74 Å². The minimum atomic E-state index is -0.389. The second-order valence-electron chi connectivity index (χ2n) is 6.88. The maximum atomic E-state index is 13.0. The summed E-state index contributed by atoms with van der Waals surface area (Å²) in [5.74, 6) is 0. The van der Waals surface area contributed by atoms with E-state index < -0.39 is 0 Å². The van der Waals surface area contributed by atoms with E-state index in [4.69, 9.17) is 4.74 Å². The molecule has 2 heterocycles. The zero-order chi connectivity index (χ0) is 16.2. The third-order valence-corrected chi connectivity index (χ3v) is 5.53. The third-order valence-electron chi connectivity index (χ3n) is 5.53. The SMILES string of the molecule is COC1C[C@]2(C)CCC[C@@H]2n2c(=O)n(-c3ccccc3)c(=O)n21. The molecule has 2 aromatic rings. The normalized spacial score (nSPS) is 29.3. The van der Waals surface area contributed by atoms with Crippen LogP contribution < -0.4 is 11.4 Å². The fourth-order valence-corrected chi connectivity index (χ4v) is 4.35.